The summed E-state index contributed by atoms with van der Waals surface area (Å²) in [7, 11) is 0.199. The third-order valence-electron chi connectivity index (χ3n) is 4.17. The lowest BCUT2D eigenvalue weighted by Gasteiger charge is -2.18. The van der Waals surface area contributed by atoms with Gasteiger partial charge in [-0.15, -0.1) is 0 Å². The second kappa shape index (κ2) is 11.1. The number of ether oxygens (including phenoxy) is 2. The number of phenolic OH excluding ortho intramolecular Hbond substituents is 1. The van der Waals surface area contributed by atoms with Crippen molar-refractivity contribution < 1.29 is 23.9 Å². The average Bonchev–Trinajstić information content (AvgIpc) is 2.70. The molecule has 2 rings (SSSR count). The van der Waals surface area contributed by atoms with E-state index in [-0.39, 0.29) is 11.8 Å². The first-order valence-corrected chi connectivity index (χ1v) is 10.5. The molecule has 1 heterocycles. The molecule has 9 heteroatoms. The Labute approximate surface area is 167 Å². The average molecular weight is 410 g/mol. The van der Waals surface area contributed by atoms with Crippen molar-refractivity contribution >= 4 is 10.8 Å². The maximum absolute atomic E-state index is 11.6. The van der Waals surface area contributed by atoms with Crippen LogP contribution < -0.4 is 10.1 Å². The van der Waals surface area contributed by atoms with Crippen molar-refractivity contribution in [2.24, 2.45) is 0 Å². The van der Waals surface area contributed by atoms with Gasteiger partial charge in [0.05, 0.1) is 35.5 Å². The standard InChI is InChI=1S/C19H27N3O5S/c1-13(6-7-27-12-14-9-21-19(26-2)22-10-14)20-11-17(24)15-4-5-16(23)18(8-15)28(3)25/h4-5,8-10,13,17,20,23-24H,6-7,11-12H2,1-3H3. The molecule has 0 saturated carbocycles. The van der Waals surface area contributed by atoms with Gasteiger partial charge in [-0.1, -0.05) is 6.07 Å². The minimum absolute atomic E-state index is 0.0301. The SMILES string of the molecule is COc1ncc(COCCC(C)NCC(O)c2ccc(O)c(S(C)=O)c2)cn1. The van der Waals surface area contributed by atoms with Crippen molar-refractivity contribution in [1.29, 1.82) is 0 Å². The molecule has 3 atom stereocenters. The van der Waals surface area contributed by atoms with Crippen molar-refractivity contribution in [3.05, 3.63) is 41.7 Å². The number of nitrogens with zero attached hydrogens (tertiary/aromatic N) is 2. The van der Waals surface area contributed by atoms with Crippen LogP contribution in [0.15, 0.2) is 35.5 Å². The van der Waals surface area contributed by atoms with E-state index < -0.39 is 16.9 Å². The predicted octanol–water partition coefficient (Wildman–Crippen LogP) is 1.55. The normalized spacial score (nSPS) is 14.4. The number of methoxy groups -OCH3 is 1. The van der Waals surface area contributed by atoms with Gasteiger partial charge < -0.3 is 25.0 Å². The highest BCUT2D eigenvalue weighted by Gasteiger charge is 2.13. The molecule has 28 heavy (non-hydrogen) atoms. The van der Waals surface area contributed by atoms with Gasteiger partial charge in [0.15, 0.2) is 0 Å². The highest BCUT2D eigenvalue weighted by atomic mass is 32.2. The monoisotopic (exact) mass is 409 g/mol. The van der Waals surface area contributed by atoms with Gasteiger partial charge in [-0.2, -0.15) is 0 Å². The molecule has 1 aromatic heterocycles. The molecule has 8 nitrogen and oxygen atoms in total. The van der Waals surface area contributed by atoms with Gasteiger partial charge in [0.2, 0.25) is 0 Å². The number of nitrogens with one attached hydrogen (secondary N) is 1. The molecule has 0 bridgehead atoms. The molecule has 0 saturated heterocycles. The fourth-order valence-corrected chi connectivity index (χ4v) is 3.14. The first-order chi connectivity index (χ1) is 13.4. The molecular weight excluding hydrogens is 382 g/mol. The van der Waals surface area contributed by atoms with Gasteiger partial charge in [0.25, 0.3) is 0 Å². The zero-order valence-electron chi connectivity index (χ0n) is 16.3. The van der Waals surface area contributed by atoms with Crippen molar-refractivity contribution in [3.63, 3.8) is 0 Å². The van der Waals surface area contributed by atoms with E-state index in [1.165, 1.54) is 19.4 Å². The van der Waals surface area contributed by atoms with Gasteiger partial charge in [0, 0.05) is 43.4 Å². The van der Waals surface area contributed by atoms with Crippen molar-refractivity contribution in [2.75, 3.05) is 26.5 Å². The summed E-state index contributed by atoms with van der Waals surface area (Å²) >= 11 is 0. The summed E-state index contributed by atoms with van der Waals surface area (Å²) in [5, 5.41) is 23.3. The molecule has 1 aromatic carbocycles. The Morgan fingerprint density at radius 1 is 1.29 bits per heavy atom. The Balaban J connectivity index is 1.70. The van der Waals surface area contributed by atoms with Crippen LogP contribution in [0.2, 0.25) is 0 Å². The zero-order chi connectivity index (χ0) is 20.5. The quantitative estimate of drug-likeness (QED) is 0.479. The van der Waals surface area contributed by atoms with Gasteiger partial charge in [0.1, 0.15) is 5.75 Å². The number of aromatic nitrogens is 2. The lowest BCUT2D eigenvalue weighted by molar-refractivity contribution is 0.109. The number of rotatable bonds is 11. The van der Waals surface area contributed by atoms with Gasteiger partial charge in [-0.05, 0) is 31.0 Å². The number of phenols is 1. The van der Waals surface area contributed by atoms with E-state index >= 15 is 0 Å². The lowest BCUT2D eigenvalue weighted by atomic mass is 10.1. The molecule has 0 spiro atoms. The molecule has 3 unspecified atom stereocenters. The van der Waals surface area contributed by atoms with Crippen LogP contribution in [0.3, 0.4) is 0 Å². The number of benzene rings is 1. The van der Waals surface area contributed by atoms with Crippen LogP contribution in [0, 0.1) is 0 Å². The molecule has 0 radical (unpaired) electrons. The van der Waals surface area contributed by atoms with E-state index in [0.29, 0.717) is 36.2 Å². The predicted molar refractivity (Wildman–Crippen MR) is 106 cm³/mol. The van der Waals surface area contributed by atoms with E-state index in [2.05, 4.69) is 15.3 Å². The fourth-order valence-electron chi connectivity index (χ4n) is 2.47. The van der Waals surface area contributed by atoms with Gasteiger partial charge >= 0.3 is 6.01 Å². The van der Waals surface area contributed by atoms with E-state index in [9.17, 15) is 14.4 Å². The summed E-state index contributed by atoms with van der Waals surface area (Å²) in [6.45, 7) is 3.32. The number of hydrogen-bond acceptors (Lipinski definition) is 8. The molecule has 154 valence electrons. The van der Waals surface area contributed by atoms with Crippen LogP contribution in [0.5, 0.6) is 11.8 Å². The Morgan fingerprint density at radius 2 is 2.00 bits per heavy atom. The van der Waals surface area contributed by atoms with Crippen LogP contribution in [0.4, 0.5) is 0 Å². The first-order valence-electron chi connectivity index (χ1n) is 8.91. The van der Waals surface area contributed by atoms with Crippen molar-refractivity contribution in [1.82, 2.24) is 15.3 Å². The topological polar surface area (TPSA) is 114 Å². The van der Waals surface area contributed by atoms with Crippen LogP contribution >= 0.6 is 0 Å². The number of aliphatic hydroxyl groups excluding tert-OH is 1. The molecule has 0 aliphatic carbocycles. The van der Waals surface area contributed by atoms with Crippen LogP contribution in [-0.2, 0) is 22.1 Å². The third kappa shape index (κ3) is 6.83. The molecule has 0 amide bonds. The Bertz CT molecular complexity index is 773. The van der Waals surface area contributed by atoms with Crippen molar-refractivity contribution in [2.45, 2.75) is 37.0 Å². The smallest absolute Gasteiger partial charge is 0.316 e. The molecular formula is C19H27N3O5S. The largest absolute Gasteiger partial charge is 0.507 e. The van der Waals surface area contributed by atoms with E-state index in [0.717, 1.165) is 12.0 Å². The highest BCUT2D eigenvalue weighted by molar-refractivity contribution is 7.84. The summed E-state index contributed by atoms with van der Waals surface area (Å²) in [5.74, 6) is -0.0301. The Morgan fingerprint density at radius 3 is 2.64 bits per heavy atom. The molecule has 0 aliphatic heterocycles. The summed E-state index contributed by atoms with van der Waals surface area (Å²) < 4.78 is 22.1. The number of aliphatic hydroxyl groups is 1. The summed E-state index contributed by atoms with van der Waals surface area (Å²) in [6, 6.07) is 5.12. The fraction of sp³-hybridized carbons (Fsp3) is 0.474. The minimum Gasteiger partial charge on any atom is -0.507 e. The molecule has 0 fully saturated rings. The summed E-state index contributed by atoms with van der Waals surface area (Å²) in [5.41, 5.74) is 1.48. The lowest BCUT2D eigenvalue weighted by Crippen LogP contribution is -2.31. The minimum atomic E-state index is -1.32. The third-order valence-corrected chi connectivity index (χ3v) is 5.11. The summed E-state index contributed by atoms with van der Waals surface area (Å²) in [4.78, 5) is 8.37. The summed E-state index contributed by atoms with van der Waals surface area (Å²) in [6.07, 6.45) is 4.83. The molecule has 0 aliphatic rings. The first kappa shape index (κ1) is 22.2. The number of hydrogen-bond donors (Lipinski definition) is 3. The highest BCUT2D eigenvalue weighted by Crippen LogP contribution is 2.24. The maximum atomic E-state index is 11.6. The number of aromatic hydroxyl groups is 1. The van der Waals surface area contributed by atoms with E-state index in [1.807, 2.05) is 6.92 Å². The van der Waals surface area contributed by atoms with E-state index in [4.69, 9.17) is 9.47 Å². The Hall–Kier alpha value is -2.07. The Kier molecular flexibility index (Phi) is 8.78. The van der Waals surface area contributed by atoms with Crippen LogP contribution in [0.25, 0.3) is 0 Å². The maximum Gasteiger partial charge on any atom is 0.316 e. The van der Waals surface area contributed by atoms with Crippen molar-refractivity contribution in [3.8, 4) is 11.8 Å². The van der Waals surface area contributed by atoms with Gasteiger partial charge in [-0.3, -0.25) is 4.21 Å². The molecule has 3 N–H and O–H groups in total. The van der Waals surface area contributed by atoms with E-state index in [1.54, 1.807) is 24.5 Å². The van der Waals surface area contributed by atoms with Crippen LogP contribution in [0.1, 0.15) is 30.6 Å². The van der Waals surface area contributed by atoms with Gasteiger partial charge in [-0.25, -0.2) is 9.97 Å². The zero-order valence-corrected chi connectivity index (χ0v) is 17.1. The second-order valence-corrected chi connectivity index (χ2v) is 7.77. The second-order valence-electron chi connectivity index (χ2n) is 6.43. The van der Waals surface area contributed by atoms with Crippen LogP contribution in [-0.4, -0.2) is 56.9 Å². The molecule has 2 aromatic rings.